The van der Waals surface area contributed by atoms with Gasteiger partial charge >= 0.3 is 5.97 Å². The molecule has 1 saturated heterocycles. The number of aromatic nitrogens is 2. The number of carbonyl (C=O) groups excluding carboxylic acids is 1. The maximum absolute atomic E-state index is 13.5. The molecule has 3 aromatic carbocycles. The maximum atomic E-state index is 13.5. The third-order valence-corrected chi connectivity index (χ3v) is 9.03. The summed E-state index contributed by atoms with van der Waals surface area (Å²) in [7, 11) is 0. The molecule has 1 aliphatic heterocycles. The monoisotopic (exact) mass is 648 g/mol. The molecule has 11 nitrogen and oxygen atoms in total. The smallest absolute Gasteiger partial charge is 0.345 e. The number of likely N-dealkylation sites (tertiary alicyclic amines) is 1. The lowest BCUT2D eigenvalue weighted by Crippen LogP contribution is -2.41. The Morgan fingerprint density at radius 3 is 2.42 bits per heavy atom. The number of aliphatic hydroxyl groups is 2. The molecule has 2 unspecified atom stereocenters. The summed E-state index contributed by atoms with van der Waals surface area (Å²) >= 11 is 0. The second-order valence-electron chi connectivity index (χ2n) is 12.1. The molecular formula is C37H36N4O7. The van der Waals surface area contributed by atoms with Gasteiger partial charge in [0.05, 0.1) is 11.6 Å². The van der Waals surface area contributed by atoms with E-state index < -0.39 is 17.7 Å². The lowest BCUT2D eigenvalue weighted by atomic mass is 9.85. The van der Waals surface area contributed by atoms with Crippen LogP contribution in [0.5, 0.6) is 5.75 Å². The number of carbonyl (C=O) groups is 2. The highest BCUT2D eigenvalue weighted by Gasteiger charge is 2.40. The van der Waals surface area contributed by atoms with Crippen molar-refractivity contribution in [3.8, 4) is 16.9 Å². The number of hydrogen-bond acceptors (Lipinski definition) is 8. The molecule has 11 heteroatoms. The number of aliphatic hydroxyl groups excluding tert-OH is 1. The van der Waals surface area contributed by atoms with E-state index in [1.54, 1.807) is 90.0 Å². The number of carboxylic acid groups (broad SMARTS) is 1. The minimum atomic E-state index is -2.25. The number of H-pyrrole nitrogens is 1. The van der Waals surface area contributed by atoms with Gasteiger partial charge in [0.15, 0.2) is 0 Å². The van der Waals surface area contributed by atoms with E-state index in [2.05, 4.69) is 15.3 Å². The van der Waals surface area contributed by atoms with Crippen molar-refractivity contribution in [2.75, 3.05) is 26.2 Å². The molecule has 0 radical (unpaired) electrons. The van der Waals surface area contributed by atoms with Gasteiger partial charge in [-0.05, 0) is 77.9 Å². The Hall–Kier alpha value is -5.36. The molecule has 48 heavy (non-hydrogen) atoms. The van der Waals surface area contributed by atoms with Crippen molar-refractivity contribution in [1.82, 2.24) is 20.2 Å². The molecule has 0 spiro atoms. The number of phenolic OH excluding ortho intramolecular Hbond substituents is 1. The zero-order chi connectivity index (χ0) is 33.8. The van der Waals surface area contributed by atoms with Gasteiger partial charge in [0, 0.05) is 42.8 Å². The SMILES string of the molecule is O=C(c1cc(-c2cccc(C(O)(C(=O)O)c3ccccc3)c2)ccn1)N1CCC(CNCC(O)c2ccc(O)c3[nH]c(=O)ccc23)CC1. The van der Waals surface area contributed by atoms with Crippen molar-refractivity contribution >= 4 is 22.8 Å². The van der Waals surface area contributed by atoms with Gasteiger partial charge in [-0.25, -0.2) is 4.79 Å². The van der Waals surface area contributed by atoms with Crippen LogP contribution in [-0.4, -0.2) is 73.3 Å². The fourth-order valence-corrected chi connectivity index (χ4v) is 6.33. The van der Waals surface area contributed by atoms with E-state index >= 15 is 0 Å². The van der Waals surface area contributed by atoms with Gasteiger partial charge in [-0.3, -0.25) is 14.6 Å². The first kappa shape index (κ1) is 32.6. The van der Waals surface area contributed by atoms with Gasteiger partial charge in [-0.1, -0.05) is 54.6 Å². The summed E-state index contributed by atoms with van der Waals surface area (Å²) in [5.74, 6) is -1.35. The van der Waals surface area contributed by atoms with E-state index in [9.17, 15) is 34.8 Å². The Labute approximate surface area is 276 Å². The van der Waals surface area contributed by atoms with Gasteiger partial charge in [0.2, 0.25) is 11.2 Å². The Balaban J connectivity index is 1.07. The fourth-order valence-electron chi connectivity index (χ4n) is 6.33. The number of rotatable bonds is 10. The molecule has 0 bridgehead atoms. The van der Waals surface area contributed by atoms with E-state index in [1.807, 2.05) is 0 Å². The number of fused-ring (bicyclic) bond motifs is 1. The number of benzene rings is 3. The van der Waals surface area contributed by atoms with Crippen LogP contribution >= 0.6 is 0 Å². The zero-order valence-corrected chi connectivity index (χ0v) is 26.0. The molecule has 6 N–H and O–H groups in total. The van der Waals surface area contributed by atoms with E-state index in [-0.39, 0.29) is 46.1 Å². The van der Waals surface area contributed by atoms with Crippen molar-refractivity contribution < 1.29 is 30.0 Å². The van der Waals surface area contributed by atoms with E-state index in [0.29, 0.717) is 47.6 Å². The molecule has 2 aromatic heterocycles. The minimum absolute atomic E-state index is 0.0589. The predicted octanol–water partition coefficient (Wildman–Crippen LogP) is 3.79. The summed E-state index contributed by atoms with van der Waals surface area (Å²) in [5, 5.41) is 46.2. The third-order valence-electron chi connectivity index (χ3n) is 9.03. The average molecular weight is 649 g/mol. The molecule has 5 aromatic rings. The lowest BCUT2D eigenvalue weighted by Gasteiger charge is -2.32. The van der Waals surface area contributed by atoms with Crippen LogP contribution in [0.15, 0.2) is 102 Å². The highest BCUT2D eigenvalue weighted by atomic mass is 16.4. The maximum Gasteiger partial charge on any atom is 0.345 e. The van der Waals surface area contributed by atoms with Crippen LogP contribution < -0.4 is 10.9 Å². The van der Waals surface area contributed by atoms with E-state index in [4.69, 9.17) is 0 Å². The number of nitrogens with one attached hydrogen (secondary N) is 2. The number of piperidine rings is 1. The second-order valence-corrected chi connectivity index (χ2v) is 12.1. The van der Waals surface area contributed by atoms with Crippen LogP contribution in [0.25, 0.3) is 22.0 Å². The second kappa shape index (κ2) is 13.8. The number of pyridine rings is 2. The highest BCUT2D eigenvalue weighted by molar-refractivity contribution is 5.93. The molecule has 246 valence electrons. The van der Waals surface area contributed by atoms with Gasteiger partial charge < -0.3 is 35.6 Å². The molecule has 1 fully saturated rings. The van der Waals surface area contributed by atoms with E-state index in [1.165, 1.54) is 12.1 Å². The Morgan fingerprint density at radius 1 is 0.938 bits per heavy atom. The van der Waals surface area contributed by atoms with Crippen molar-refractivity contribution in [2.45, 2.75) is 24.5 Å². The number of carboxylic acids is 1. The van der Waals surface area contributed by atoms with Crippen molar-refractivity contribution in [1.29, 1.82) is 0 Å². The molecule has 1 aliphatic rings. The van der Waals surface area contributed by atoms with Gasteiger partial charge in [-0.15, -0.1) is 0 Å². The van der Waals surface area contributed by atoms with Crippen molar-refractivity contribution in [2.24, 2.45) is 5.92 Å². The lowest BCUT2D eigenvalue weighted by molar-refractivity contribution is -0.155. The molecular weight excluding hydrogens is 612 g/mol. The molecule has 3 heterocycles. The standard InChI is InChI=1S/C37H36N4O7/c42-31-11-9-28(29-10-12-33(44)40-34(29)31)32(43)22-38-21-23-14-17-41(18-15-23)35(45)30-20-25(13-16-39-30)24-5-4-8-27(19-24)37(48,36(46)47)26-6-2-1-3-7-26/h1-13,16,19-20,23,32,38,42-43,48H,14-15,17-18,21-22H2,(H,40,44)(H,46,47). The first-order chi connectivity index (χ1) is 23.1. The van der Waals surface area contributed by atoms with Crippen LogP contribution in [0.1, 0.15) is 46.1 Å². The first-order valence-corrected chi connectivity index (χ1v) is 15.8. The van der Waals surface area contributed by atoms with Crippen LogP contribution in [0, 0.1) is 5.92 Å². The first-order valence-electron chi connectivity index (χ1n) is 15.8. The van der Waals surface area contributed by atoms with Crippen molar-refractivity contribution in [3.63, 3.8) is 0 Å². The molecule has 0 saturated carbocycles. The normalized spacial score (nSPS) is 15.6. The van der Waals surface area contributed by atoms with Crippen LogP contribution in [0.2, 0.25) is 0 Å². The van der Waals surface area contributed by atoms with Gasteiger partial charge in [0.1, 0.15) is 11.4 Å². The van der Waals surface area contributed by atoms with Crippen LogP contribution in [-0.2, 0) is 10.4 Å². The summed E-state index contributed by atoms with van der Waals surface area (Å²) in [4.78, 5) is 46.1. The molecule has 2 atom stereocenters. The quantitative estimate of drug-likeness (QED) is 0.132. The highest BCUT2D eigenvalue weighted by Crippen LogP contribution is 2.33. The molecule has 6 rings (SSSR count). The topological polar surface area (TPSA) is 176 Å². The average Bonchev–Trinajstić information content (AvgIpc) is 3.12. The fraction of sp³-hybridized carbons (Fsp3) is 0.243. The number of phenols is 1. The Morgan fingerprint density at radius 2 is 1.67 bits per heavy atom. The summed E-state index contributed by atoms with van der Waals surface area (Å²) in [6.45, 7) is 2.04. The summed E-state index contributed by atoms with van der Waals surface area (Å²) in [5.41, 5.74) is 0.315. The van der Waals surface area contributed by atoms with Gasteiger partial charge in [-0.2, -0.15) is 0 Å². The van der Waals surface area contributed by atoms with Crippen molar-refractivity contribution in [3.05, 3.63) is 130 Å². The van der Waals surface area contributed by atoms with E-state index in [0.717, 1.165) is 12.8 Å². The number of amides is 1. The molecule has 0 aliphatic carbocycles. The summed E-state index contributed by atoms with van der Waals surface area (Å²) in [6.07, 6.45) is 2.24. The number of aromatic hydroxyl groups is 1. The number of nitrogens with zero attached hydrogens (tertiary/aromatic N) is 2. The largest absolute Gasteiger partial charge is 0.506 e. The summed E-state index contributed by atoms with van der Waals surface area (Å²) < 4.78 is 0. The Kier molecular flexibility index (Phi) is 9.35. The molecule has 1 amide bonds. The predicted molar refractivity (Wildman–Crippen MR) is 179 cm³/mol. The minimum Gasteiger partial charge on any atom is -0.506 e. The van der Waals surface area contributed by atoms with Crippen LogP contribution in [0.3, 0.4) is 0 Å². The number of aromatic amines is 1. The number of aliphatic carboxylic acids is 1. The number of hydrogen-bond donors (Lipinski definition) is 6. The summed E-state index contributed by atoms with van der Waals surface area (Å²) in [6, 6.07) is 24.3. The zero-order valence-electron chi connectivity index (χ0n) is 26.0. The third kappa shape index (κ3) is 6.56. The Bertz CT molecular complexity index is 2010. The van der Waals surface area contributed by atoms with Gasteiger partial charge in [0.25, 0.3) is 5.91 Å². The van der Waals surface area contributed by atoms with Crippen LogP contribution in [0.4, 0.5) is 0 Å².